The summed E-state index contributed by atoms with van der Waals surface area (Å²) in [5, 5.41) is 15.1. The van der Waals surface area contributed by atoms with E-state index in [1.165, 1.54) is 12.1 Å². The standard InChI is InChI=1S/C13H14N2O4S/c1-3-20(18,19)12-5-4-8(2)6-9(12)10-7-11(13(16)17)15-14-10/h4-7H,3H2,1-2H3,(H,14,15)(H,16,17). The molecule has 2 N–H and O–H groups in total. The average molecular weight is 294 g/mol. The van der Waals surface area contributed by atoms with Gasteiger partial charge in [-0.15, -0.1) is 0 Å². The number of nitrogens with zero attached hydrogens (tertiary/aromatic N) is 1. The van der Waals surface area contributed by atoms with Crippen LogP contribution >= 0.6 is 0 Å². The molecule has 1 aromatic carbocycles. The van der Waals surface area contributed by atoms with Gasteiger partial charge in [0.05, 0.1) is 16.3 Å². The highest BCUT2D eigenvalue weighted by Gasteiger charge is 2.20. The third-order valence-electron chi connectivity index (χ3n) is 2.93. The molecule has 20 heavy (non-hydrogen) atoms. The van der Waals surface area contributed by atoms with Crippen molar-refractivity contribution >= 4 is 15.8 Å². The van der Waals surface area contributed by atoms with Crippen LogP contribution in [0.25, 0.3) is 11.3 Å². The first kappa shape index (κ1) is 14.3. The van der Waals surface area contributed by atoms with Crippen molar-refractivity contribution in [1.29, 1.82) is 0 Å². The number of sulfone groups is 1. The monoisotopic (exact) mass is 294 g/mol. The van der Waals surface area contributed by atoms with Gasteiger partial charge >= 0.3 is 5.97 Å². The van der Waals surface area contributed by atoms with Crippen molar-refractivity contribution < 1.29 is 18.3 Å². The number of aromatic amines is 1. The molecule has 6 nitrogen and oxygen atoms in total. The van der Waals surface area contributed by atoms with E-state index in [1.54, 1.807) is 19.1 Å². The Morgan fingerprint density at radius 3 is 2.60 bits per heavy atom. The predicted molar refractivity (Wildman–Crippen MR) is 73.4 cm³/mol. The fraction of sp³-hybridized carbons (Fsp3) is 0.231. The highest BCUT2D eigenvalue weighted by Crippen LogP contribution is 2.28. The molecule has 0 unspecified atom stereocenters. The molecule has 0 amide bonds. The van der Waals surface area contributed by atoms with Crippen molar-refractivity contribution in [3.05, 3.63) is 35.5 Å². The Balaban J connectivity index is 2.66. The average Bonchev–Trinajstić information content (AvgIpc) is 2.88. The summed E-state index contributed by atoms with van der Waals surface area (Å²) < 4.78 is 24.2. The van der Waals surface area contributed by atoms with Crippen LogP contribution in [0.4, 0.5) is 0 Å². The normalized spacial score (nSPS) is 11.5. The van der Waals surface area contributed by atoms with Crippen LogP contribution in [0.2, 0.25) is 0 Å². The van der Waals surface area contributed by atoms with Crippen molar-refractivity contribution in [2.45, 2.75) is 18.7 Å². The maximum Gasteiger partial charge on any atom is 0.353 e. The molecule has 1 heterocycles. The van der Waals surface area contributed by atoms with Gasteiger partial charge in [-0.1, -0.05) is 18.6 Å². The van der Waals surface area contributed by atoms with Gasteiger partial charge in [-0.3, -0.25) is 5.10 Å². The molecule has 0 radical (unpaired) electrons. The van der Waals surface area contributed by atoms with Gasteiger partial charge in [0.25, 0.3) is 0 Å². The lowest BCUT2D eigenvalue weighted by molar-refractivity contribution is 0.0690. The van der Waals surface area contributed by atoms with Crippen LogP contribution in [0.5, 0.6) is 0 Å². The second-order valence-electron chi connectivity index (χ2n) is 4.38. The first-order valence-electron chi connectivity index (χ1n) is 5.97. The third kappa shape index (κ3) is 2.57. The summed E-state index contributed by atoms with van der Waals surface area (Å²) in [7, 11) is -3.41. The second-order valence-corrected chi connectivity index (χ2v) is 6.62. The molecule has 2 rings (SSSR count). The topological polar surface area (TPSA) is 100 Å². The molecule has 0 atom stereocenters. The van der Waals surface area contributed by atoms with Crippen molar-refractivity contribution in [3.63, 3.8) is 0 Å². The van der Waals surface area contributed by atoms with Crippen LogP contribution in [0.3, 0.4) is 0 Å². The second kappa shape index (κ2) is 5.09. The van der Waals surface area contributed by atoms with E-state index in [0.717, 1.165) is 5.56 Å². The molecule has 0 saturated carbocycles. The van der Waals surface area contributed by atoms with Gasteiger partial charge in [-0.2, -0.15) is 5.10 Å². The predicted octanol–water partition coefficient (Wildman–Crippen LogP) is 1.88. The molecule has 1 aromatic heterocycles. The number of aromatic carboxylic acids is 1. The van der Waals surface area contributed by atoms with E-state index in [9.17, 15) is 13.2 Å². The SMILES string of the molecule is CCS(=O)(=O)c1ccc(C)cc1-c1cc(C(=O)O)[nH]n1. The Morgan fingerprint density at radius 1 is 1.35 bits per heavy atom. The molecule has 0 bridgehead atoms. The number of aryl methyl sites for hydroxylation is 1. The zero-order valence-corrected chi connectivity index (χ0v) is 11.9. The zero-order valence-electron chi connectivity index (χ0n) is 11.0. The molecular formula is C13H14N2O4S. The Bertz CT molecular complexity index is 762. The van der Waals surface area contributed by atoms with Crippen LogP contribution in [0.1, 0.15) is 23.0 Å². The van der Waals surface area contributed by atoms with Gasteiger partial charge in [-0.05, 0) is 25.1 Å². The smallest absolute Gasteiger partial charge is 0.353 e. The first-order valence-corrected chi connectivity index (χ1v) is 7.63. The fourth-order valence-corrected chi connectivity index (χ4v) is 2.92. The molecule has 0 saturated heterocycles. The summed E-state index contributed by atoms with van der Waals surface area (Å²) in [6.07, 6.45) is 0. The Hall–Kier alpha value is -2.15. The summed E-state index contributed by atoms with van der Waals surface area (Å²) in [4.78, 5) is 11.0. The van der Waals surface area contributed by atoms with E-state index < -0.39 is 15.8 Å². The number of nitrogens with one attached hydrogen (secondary N) is 1. The molecule has 106 valence electrons. The minimum absolute atomic E-state index is 0.0285. The quantitative estimate of drug-likeness (QED) is 0.896. The summed E-state index contributed by atoms with van der Waals surface area (Å²) >= 11 is 0. The zero-order chi connectivity index (χ0) is 14.9. The van der Waals surface area contributed by atoms with E-state index in [0.29, 0.717) is 11.3 Å². The number of hydrogen-bond acceptors (Lipinski definition) is 4. The lowest BCUT2D eigenvalue weighted by atomic mass is 10.1. The van der Waals surface area contributed by atoms with E-state index in [1.807, 2.05) is 6.92 Å². The maximum atomic E-state index is 12.1. The maximum absolute atomic E-state index is 12.1. The number of carboxylic acids is 1. The molecule has 2 aromatic rings. The van der Waals surface area contributed by atoms with Crippen molar-refractivity contribution in [3.8, 4) is 11.3 Å². The van der Waals surface area contributed by atoms with Gasteiger partial charge in [0.1, 0.15) is 5.69 Å². The third-order valence-corrected chi connectivity index (χ3v) is 4.72. The number of rotatable bonds is 4. The van der Waals surface area contributed by atoms with E-state index in [-0.39, 0.29) is 16.3 Å². The summed E-state index contributed by atoms with van der Waals surface area (Å²) in [6.45, 7) is 3.39. The highest BCUT2D eigenvalue weighted by atomic mass is 32.2. The van der Waals surface area contributed by atoms with Gasteiger partial charge in [0, 0.05) is 5.56 Å². The molecule has 0 fully saturated rings. The van der Waals surface area contributed by atoms with Crippen LogP contribution in [0, 0.1) is 6.92 Å². The molecule has 0 aliphatic heterocycles. The van der Waals surface area contributed by atoms with E-state index >= 15 is 0 Å². The van der Waals surface area contributed by atoms with Crippen LogP contribution < -0.4 is 0 Å². The number of benzene rings is 1. The number of carboxylic acid groups (broad SMARTS) is 1. The Labute approximate surface area is 116 Å². The van der Waals surface area contributed by atoms with Gasteiger partial charge in [0.15, 0.2) is 9.84 Å². The minimum Gasteiger partial charge on any atom is -0.477 e. The molecular weight excluding hydrogens is 280 g/mol. The fourth-order valence-electron chi connectivity index (χ4n) is 1.84. The van der Waals surface area contributed by atoms with Gasteiger partial charge in [-0.25, -0.2) is 13.2 Å². The summed E-state index contributed by atoms with van der Waals surface area (Å²) in [5.41, 5.74) is 1.50. The molecule has 7 heteroatoms. The molecule has 0 spiro atoms. The Kier molecular flexibility index (Phi) is 3.63. The molecule has 0 aliphatic rings. The Morgan fingerprint density at radius 2 is 2.05 bits per heavy atom. The summed E-state index contributed by atoms with van der Waals surface area (Å²) in [5.74, 6) is -1.17. The number of hydrogen-bond donors (Lipinski definition) is 2. The lowest BCUT2D eigenvalue weighted by Gasteiger charge is -2.08. The minimum atomic E-state index is -3.41. The number of aromatic nitrogens is 2. The van der Waals surface area contributed by atoms with Crippen molar-refractivity contribution in [2.75, 3.05) is 5.75 Å². The van der Waals surface area contributed by atoms with E-state index in [2.05, 4.69) is 10.2 Å². The lowest BCUT2D eigenvalue weighted by Crippen LogP contribution is -2.06. The van der Waals surface area contributed by atoms with Crippen LogP contribution in [0.15, 0.2) is 29.2 Å². The van der Waals surface area contributed by atoms with Crippen LogP contribution in [-0.2, 0) is 9.84 Å². The van der Waals surface area contributed by atoms with Gasteiger partial charge in [0.2, 0.25) is 0 Å². The largest absolute Gasteiger partial charge is 0.477 e. The van der Waals surface area contributed by atoms with E-state index in [4.69, 9.17) is 5.11 Å². The van der Waals surface area contributed by atoms with Crippen molar-refractivity contribution in [2.24, 2.45) is 0 Å². The number of H-pyrrole nitrogens is 1. The van der Waals surface area contributed by atoms with Crippen molar-refractivity contribution in [1.82, 2.24) is 10.2 Å². The first-order chi connectivity index (χ1) is 9.35. The number of carbonyl (C=O) groups is 1. The molecule has 0 aliphatic carbocycles. The van der Waals surface area contributed by atoms with Gasteiger partial charge < -0.3 is 5.11 Å². The summed E-state index contributed by atoms with van der Waals surface area (Å²) in [6, 6.07) is 6.24. The van der Waals surface area contributed by atoms with Crippen LogP contribution in [-0.4, -0.2) is 35.4 Å². The highest BCUT2D eigenvalue weighted by molar-refractivity contribution is 7.91.